The molecule has 1 amide bonds. The van der Waals surface area contributed by atoms with Crippen LogP contribution in [0.3, 0.4) is 0 Å². The fourth-order valence-corrected chi connectivity index (χ4v) is 3.14. The number of hydrogen-bond acceptors (Lipinski definition) is 3. The van der Waals surface area contributed by atoms with Crippen molar-refractivity contribution >= 4 is 30.7 Å². The Morgan fingerprint density at radius 1 is 1.10 bits per heavy atom. The van der Waals surface area contributed by atoms with Gasteiger partial charge in [0.05, 0.1) is 6.04 Å². The topological polar surface area (TPSA) is 49.6 Å². The molecule has 0 unspecified atom stereocenters. The van der Waals surface area contributed by atoms with E-state index in [1.54, 1.807) is 0 Å². The van der Waals surface area contributed by atoms with Crippen LogP contribution in [0.5, 0.6) is 0 Å². The average molecular weight is 326 g/mol. The van der Waals surface area contributed by atoms with Crippen molar-refractivity contribution in [3.63, 3.8) is 0 Å². The van der Waals surface area contributed by atoms with Gasteiger partial charge >= 0.3 is 0 Å². The van der Waals surface area contributed by atoms with Crippen molar-refractivity contribution in [2.45, 2.75) is 57.5 Å². The van der Waals surface area contributed by atoms with Crippen LogP contribution >= 0.6 is 24.8 Å². The maximum Gasteiger partial charge on any atom is 0.239 e. The minimum atomic E-state index is -0.295. The second-order valence-electron chi connectivity index (χ2n) is 5.67. The van der Waals surface area contributed by atoms with Crippen molar-refractivity contribution in [1.82, 2.24) is 9.80 Å². The van der Waals surface area contributed by atoms with E-state index in [1.807, 2.05) is 11.8 Å². The number of amides is 1. The summed E-state index contributed by atoms with van der Waals surface area (Å²) in [6, 6.07) is 0.406. The Hall–Kier alpha value is -0.0300. The molecule has 0 spiro atoms. The third-order valence-electron chi connectivity index (χ3n) is 4.44. The number of hydrogen-bond donors (Lipinski definition) is 1. The first-order valence-corrected chi connectivity index (χ1v) is 7.50. The molecule has 0 bridgehead atoms. The molecule has 2 aliphatic rings. The highest BCUT2D eigenvalue weighted by Crippen LogP contribution is 2.21. The Kier molecular flexibility index (Phi) is 9.81. The summed E-state index contributed by atoms with van der Waals surface area (Å²) in [4.78, 5) is 16.6. The number of nitrogens with zero attached hydrogens (tertiary/aromatic N) is 2. The molecule has 0 aromatic heterocycles. The summed E-state index contributed by atoms with van der Waals surface area (Å²) in [6.07, 6.45) is 7.08. The van der Waals surface area contributed by atoms with Crippen molar-refractivity contribution in [3.05, 3.63) is 0 Å². The van der Waals surface area contributed by atoms with Crippen LogP contribution in [0.15, 0.2) is 0 Å². The molecular formula is C14H29Cl2N3O. The molecular weight excluding hydrogens is 297 g/mol. The van der Waals surface area contributed by atoms with Gasteiger partial charge in [-0.1, -0.05) is 13.3 Å². The van der Waals surface area contributed by atoms with E-state index in [9.17, 15) is 4.79 Å². The molecule has 4 nitrogen and oxygen atoms in total. The number of nitrogens with two attached hydrogens (primary N) is 1. The van der Waals surface area contributed by atoms with Gasteiger partial charge in [-0.2, -0.15) is 0 Å². The highest BCUT2D eigenvalue weighted by atomic mass is 35.5. The van der Waals surface area contributed by atoms with Gasteiger partial charge in [-0.05, 0) is 45.2 Å². The predicted octanol–water partition coefficient (Wildman–Crippen LogP) is 2.04. The highest BCUT2D eigenvalue weighted by Gasteiger charge is 2.28. The molecule has 0 aromatic rings. The third-order valence-corrected chi connectivity index (χ3v) is 4.44. The standard InChI is InChI=1S/C14H27N3O.2ClH/c1-2-13(15)14(18)17-10-6-12(7-11-17)16-8-4-3-5-9-16;;/h12-13H,2-11,15H2,1H3;2*1H/t13-;;/m0../s1. The quantitative estimate of drug-likeness (QED) is 0.863. The number of carbonyl (C=O) groups is 1. The van der Waals surface area contributed by atoms with E-state index in [0.717, 1.165) is 32.4 Å². The largest absolute Gasteiger partial charge is 0.341 e. The number of halogens is 2. The molecule has 120 valence electrons. The molecule has 2 rings (SSSR count). The van der Waals surface area contributed by atoms with E-state index < -0.39 is 0 Å². The van der Waals surface area contributed by atoms with Gasteiger partial charge in [0.2, 0.25) is 5.91 Å². The molecule has 2 saturated heterocycles. The Morgan fingerprint density at radius 2 is 1.65 bits per heavy atom. The van der Waals surface area contributed by atoms with Crippen LogP contribution in [-0.4, -0.2) is 54.0 Å². The zero-order chi connectivity index (χ0) is 13.0. The molecule has 0 saturated carbocycles. The molecule has 2 heterocycles. The molecule has 0 aliphatic carbocycles. The maximum absolute atomic E-state index is 12.0. The zero-order valence-corrected chi connectivity index (χ0v) is 14.1. The normalized spacial score (nSPS) is 22.6. The van der Waals surface area contributed by atoms with Crippen LogP contribution < -0.4 is 5.73 Å². The first kappa shape index (κ1) is 20.0. The van der Waals surface area contributed by atoms with E-state index >= 15 is 0 Å². The van der Waals surface area contributed by atoms with Gasteiger partial charge < -0.3 is 15.5 Å². The van der Waals surface area contributed by atoms with E-state index in [1.165, 1.54) is 32.4 Å². The monoisotopic (exact) mass is 325 g/mol. The minimum Gasteiger partial charge on any atom is -0.341 e. The van der Waals surface area contributed by atoms with Crippen LogP contribution in [0.4, 0.5) is 0 Å². The van der Waals surface area contributed by atoms with Crippen LogP contribution in [0.25, 0.3) is 0 Å². The van der Waals surface area contributed by atoms with Crippen LogP contribution in [0.2, 0.25) is 0 Å². The van der Waals surface area contributed by atoms with Gasteiger partial charge in [0, 0.05) is 19.1 Å². The number of carbonyl (C=O) groups excluding carboxylic acids is 1. The molecule has 0 aromatic carbocycles. The first-order valence-electron chi connectivity index (χ1n) is 7.50. The molecule has 2 N–H and O–H groups in total. The fraction of sp³-hybridized carbons (Fsp3) is 0.929. The summed E-state index contributed by atoms with van der Waals surface area (Å²) in [7, 11) is 0. The van der Waals surface area contributed by atoms with Gasteiger partial charge in [-0.3, -0.25) is 4.79 Å². The lowest BCUT2D eigenvalue weighted by molar-refractivity contribution is -0.134. The van der Waals surface area contributed by atoms with Crippen molar-refractivity contribution < 1.29 is 4.79 Å². The first-order chi connectivity index (χ1) is 8.72. The summed E-state index contributed by atoms with van der Waals surface area (Å²) in [5, 5.41) is 0. The Balaban J connectivity index is 0.00000180. The summed E-state index contributed by atoms with van der Waals surface area (Å²) in [5.74, 6) is 0.148. The van der Waals surface area contributed by atoms with E-state index in [2.05, 4.69) is 4.90 Å². The molecule has 2 aliphatic heterocycles. The second kappa shape index (κ2) is 9.82. The lowest BCUT2D eigenvalue weighted by Gasteiger charge is -2.40. The molecule has 0 radical (unpaired) electrons. The van der Waals surface area contributed by atoms with Gasteiger partial charge in [0.25, 0.3) is 0 Å². The number of likely N-dealkylation sites (tertiary alicyclic amines) is 2. The average Bonchev–Trinajstić information content (AvgIpc) is 2.47. The third kappa shape index (κ3) is 5.06. The minimum absolute atomic E-state index is 0. The maximum atomic E-state index is 12.0. The summed E-state index contributed by atoms with van der Waals surface area (Å²) in [6.45, 7) is 6.28. The second-order valence-corrected chi connectivity index (χ2v) is 5.67. The Morgan fingerprint density at radius 3 is 2.15 bits per heavy atom. The number of piperidine rings is 2. The van der Waals surface area contributed by atoms with Gasteiger partial charge in [0.15, 0.2) is 0 Å². The van der Waals surface area contributed by atoms with Crippen molar-refractivity contribution in [3.8, 4) is 0 Å². The van der Waals surface area contributed by atoms with Crippen molar-refractivity contribution in [2.24, 2.45) is 5.73 Å². The summed E-state index contributed by atoms with van der Waals surface area (Å²) in [5.41, 5.74) is 5.82. The van der Waals surface area contributed by atoms with Crippen molar-refractivity contribution in [1.29, 1.82) is 0 Å². The predicted molar refractivity (Wildman–Crippen MR) is 87.8 cm³/mol. The summed E-state index contributed by atoms with van der Waals surface area (Å²) >= 11 is 0. The van der Waals surface area contributed by atoms with E-state index in [-0.39, 0.29) is 36.8 Å². The van der Waals surface area contributed by atoms with Gasteiger partial charge in [-0.25, -0.2) is 0 Å². The van der Waals surface area contributed by atoms with Crippen LogP contribution in [0.1, 0.15) is 45.4 Å². The zero-order valence-electron chi connectivity index (χ0n) is 12.4. The molecule has 6 heteroatoms. The lowest BCUT2D eigenvalue weighted by Crippen LogP contribution is -2.51. The van der Waals surface area contributed by atoms with Crippen molar-refractivity contribution in [2.75, 3.05) is 26.2 Å². The summed E-state index contributed by atoms with van der Waals surface area (Å²) < 4.78 is 0. The Bertz CT molecular complexity index is 278. The molecule has 1 atom stereocenters. The highest BCUT2D eigenvalue weighted by molar-refractivity contribution is 5.85. The molecule has 20 heavy (non-hydrogen) atoms. The van der Waals surface area contributed by atoms with E-state index in [0.29, 0.717) is 6.04 Å². The van der Waals surface area contributed by atoms with E-state index in [4.69, 9.17) is 5.73 Å². The lowest BCUT2D eigenvalue weighted by atomic mass is 9.99. The SMILES string of the molecule is CC[C@H](N)C(=O)N1CCC(N2CCCCC2)CC1.Cl.Cl. The smallest absolute Gasteiger partial charge is 0.239 e. The fourth-order valence-electron chi connectivity index (χ4n) is 3.14. The number of rotatable bonds is 3. The molecule has 2 fully saturated rings. The van der Waals surface area contributed by atoms with Gasteiger partial charge in [-0.15, -0.1) is 24.8 Å². The van der Waals surface area contributed by atoms with Crippen LogP contribution in [-0.2, 0) is 4.79 Å². The Labute approximate surface area is 135 Å². The van der Waals surface area contributed by atoms with Crippen LogP contribution in [0, 0.1) is 0 Å². The van der Waals surface area contributed by atoms with Gasteiger partial charge in [0.1, 0.15) is 0 Å².